The molecule has 33 heavy (non-hydrogen) atoms. The van der Waals surface area contributed by atoms with Crippen molar-refractivity contribution in [2.75, 3.05) is 0 Å². The van der Waals surface area contributed by atoms with E-state index < -0.39 is 77.1 Å². The number of benzene rings is 1. The zero-order valence-electron chi connectivity index (χ0n) is 17.8. The van der Waals surface area contributed by atoms with Gasteiger partial charge in [0.25, 0.3) is 0 Å². The molecule has 2 aliphatic carbocycles. The molecule has 4 rings (SSSR count). The fraction of sp³-hybridized carbons (Fsp3) is 0.591. The highest BCUT2D eigenvalue weighted by Gasteiger charge is 2.70. The van der Waals surface area contributed by atoms with Crippen LogP contribution in [0.2, 0.25) is 0 Å². The Morgan fingerprint density at radius 1 is 0.970 bits per heavy atom. The number of halogens is 5. The van der Waals surface area contributed by atoms with Crippen molar-refractivity contribution in [1.29, 1.82) is 0 Å². The Morgan fingerprint density at radius 2 is 1.55 bits per heavy atom. The van der Waals surface area contributed by atoms with Crippen molar-refractivity contribution in [3.63, 3.8) is 0 Å². The summed E-state index contributed by atoms with van der Waals surface area (Å²) in [6.45, 7) is 3.33. The largest absolute Gasteiger partial charge is 0.458 e. The third-order valence-corrected chi connectivity index (χ3v) is 6.68. The van der Waals surface area contributed by atoms with Crippen LogP contribution >= 0.6 is 0 Å². The predicted molar refractivity (Wildman–Crippen MR) is 99.5 cm³/mol. The Balaban J connectivity index is 1.54. The maximum absolute atomic E-state index is 13.4. The number of carbonyl (C=O) groups is 3. The number of alkyl halides is 5. The Morgan fingerprint density at radius 3 is 2.09 bits per heavy atom. The minimum Gasteiger partial charge on any atom is -0.458 e. The van der Waals surface area contributed by atoms with Crippen molar-refractivity contribution in [2.24, 2.45) is 23.7 Å². The standard InChI is InChI=1S/C22H21F5O6/c1-20(2,9-4-6-10(7-5-9)22(25,26)27)33-18(29)14-12-8-11-13(14)17(28)31-15(11)16(12)32-19(30)21(3,23)24/h4-7,11-16H,8H2,1-3H3. The van der Waals surface area contributed by atoms with E-state index in [-0.39, 0.29) is 12.0 Å². The van der Waals surface area contributed by atoms with E-state index in [1.165, 1.54) is 26.0 Å². The molecule has 1 aliphatic heterocycles. The van der Waals surface area contributed by atoms with Gasteiger partial charge in [0.1, 0.15) is 17.8 Å². The monoisotopic (exact) mass is 476 g/mol. The smallest absolute Gasteiger partial charge is 0.416 e. The summed E-state index contributed by atoms with van der Waals surface area (Å²) in [6, 6.07) is 4.10. The first kappa shape index (κ1) is 23.4. The fourth-order valence-corrected chi connectivity index (χ4v) is 5.13. The highest BCUT2D eigenvalue weighted by Crippen LogP contribution is 2.59. The first-order chi connectivity index (χ1) is 15.1. The summed E-state index contributed by atoms with van der Waals surface area (Å²) >= 11 is 0. The third kappa shape index (κ3) is 3.95. The lowest BCUT2D eigenvalue weighted by molar-refractivity contribution is -0.187. The van der Waals surface area contributed by atoms with Gasteiger partial charge in [0, 0.05) is 18.8 Å². The van der Waals surface area contributed by atoms with E-state index in [4.69, 9.17) is 14.2 Å². The van der Waals surface area contributed by atoms with Crippen LogP contribution < -0.4 is 0 Å². The minimum atomic E-state index is -4.52. The molecular formula is C22H21F5O6. The molecule has 0 radical (unpaired) electrons. The molecule has 1 saturated heterocycles. The number of hydrogen-bond acceptors (Lipinski definition) is 6. The van der Waals surface area contributed by atoms with Gasteiger partial charge >= 0.3 is 30.0 Å². The second-order valence-electron chi connectivity index (χ2n) is 9.28. The molecule has 6 unspecified atom stereocenters. The molecule has 1 heterocycles. The van der Waals surface area contributed by atoms with Gasteiger partial charge in [0.05, 0.1) is 17.4 Å². The molecule has 1 aromatic carbocycles. The lowest BCUT2D eigenvalue weighted by Gasteiger charge is -2.33. The van der Waals surface area contributed by atoms with Crippen LogP contribution in [0.5, 0.6) is 0 Å². The van der Waals surface area contributed by atoms with Gasteiger partial charge in [-0.15, -0.1) is 0 Å². The number of fused-ring (bicyclic) bond motifs is 1. The number of esters is 3. The third-order valence-electron chi connectivity index (χ3n) is 6.68. The van der Waals surface area contributed by atoms with Crippen LogP contribution in [0.3, 0.4) is 0 Å². The summed E-state index contributed by atoms with van der Waals surface area (Å²) < 4.78 is 81.0. The van der Waals surface area contributed by atoms with E-state index in [1.54, 1.807) is 0 Å². The summed E-state index contributed by atoms with van der Waals surface area (Å²) in [4.78, 5) is 37.2. The van der Waals surface area contributed by atoms with Gasteiger partial charge in [-0.3, -0.25) is 9.59 Å². The zero-order chi connectivity index (χ0) is 24.5. The van der Waals surface area contributed by atoms with E-state index in [0.717, 1.165) is 12.1 Å². The highest BCUT2D eigenvalue weighted by molar-refractivity contribution is 5.86. The van der Waals surface area contributed by atoms with Crippen molar-refractivity contribution in [3.05, 3.63) is 35.4 Å². The van der Waals surface area contributed by atoms with E-state index >= 15 is 0 Å². The first-order valence-corrected chi connectivity index (χ1v) is 10.3. The Bertz CT molecular complexity index is 980. The predicted octanol–water partition coefficient (Wildman–Crippen LogP) is 3.86. The SMILES string of the molecule is CC(F)(F)C(=O)OC1C2CC3C1OC(=O)C3C2C(=O)OC(C)(C)c1ccc(C(F)(F)F)cc1. The van der Waals surface area contributed by atoms with Gasteiger partial charge in [0.2, 0.25) is 0 Å². The first-order valence-electron chi connectivity index (χ1n) is 10.3. The topological polar surface area (TPSA) is 78.9 Å². The van der Waals surface area contributed by atoms with Crippen molar-refractivity contribution >= 4 is 17.9 Å². The summed E-state index contributed by atoms with van der Waals surface area (Å²) in [5.74, 6) is -10.2. The van der Waals surface area contributed by atoms with Crippen LogP contribution in [-0.4, -0.2) is 36.0 Å². The van der Waals surface area contributed by atoms with E-state index in [2.05, 4.69) is 0 Å². The summed E-state index contributed by atoms with van der Waals surface area (Å²) in [5, 5.41) is 0. The van der Waals surface area contributed by atoms with Crippen LogP contribution in [0.15, 0.2) is 24.3 Å². The normalized spacial score (nSPS) is 30.8. The molecule has 6 nitrogen and oxygen atoms in total. The van der Waals surface area contributed by atoms with Crippen LogP contribution in [0.1, 0.15) is 38.3 Å². The van der Waals surface area contributed by atoms with E-state index in [9.17, 15) is 36.3 Å². The number of hydrogen-bond donors (Lipinski definition) is 0. The maximum Gasteiger partial charge on any atom is 0.416 e. The molecule has 0 aromatic heterocycles. The van der Waals surface area contributed by atoms with Gasteiger partial charge in [-0.1, -0.05) is 12.1 Å². The molecule has 3 fully saturated rings. The summed E-state index contributed by atoms with van der Waals surface area (Å²) in [6.07, 6.45) is -6.37. The van der Waals surface area contributed by atoms with Crippen LogP contribution in [0.4, 0.5) is 22.0 Å². The summed E-state index contributed by atoms with van der Waals surface area (Å²) in [7, 11) is 0. The molecule has 180 valence electrons. The average molecular weight is 476 g/mol. The van der Waals surface area contributed by atoms with Crippen LogP contribution in [0, 0.1) is 23.7 Å². The fourth-order valence-electron chi connectivity index (χ4n) is 5.13. The van der Waals surface area contributed by atoms with Crippen molar-refractivity contribution < 1.29 is 50.5 Å². The second kappa shape index (κ2) is 7.39. The molecule has 2 saturated carbocycles. The molecule has 1 aromatic rings. The van der Waals surface area contributed by atoms with Gasteiger partial charge in [-0.25, -0.2) is 4.79 Å². The lowest BCUT2D eigenvalue weighted by Crippen LogP contribution is -2.46. The van der Waals surface area contributed by atoms with Crippen molar-refractivity contribution in [1.82, 2.24) is 0 Å². The Hall–Kier alpha value is -2.72. The highest BCUT2D eigenvalue weighted by atomic mass is 19.4. The van der Waals surface area contributed by atoms with Gasteiger partial charge < -0.3 is 14.2 Å². The molecule has 2 bridgehead atoms. The maximum atomic E-state index is 13.4. The quantitative estimate of drug-likeness (QED) is 0.365. The molecule has 0 N–H and O–H groups in total. The van der Waals surface area contributed by atoms with E-state index in [0.29, 0.717) is 6.92 Å². The molecule has 11 heteroatoms. The summed E-state index contributed by atoms with van der Waals surface area (Å²) in [5.41, 5.74) is -1.93. The zero-order valence-corrected chi connectivity index (χ0v) is 17.8. The van der Waals surface area contributed by atoms with Crippen LogP contribution in [-0.2, 0) is 40.4 Å². The number of rotatable bonds is 5. The van der Waals surface area contributed by atoms with Gasteiger partial charge in [-0.05, 0) is 38.0 Å². The second-order valence-corrected chi connectivity index (χ2v) is 9.28. The van der Waals surface area contributed by atoms with Crippen LogP contribution in [0.25, 0.3) is 0 Å². The molecule has 6 atom stereocenters. The number of carbonyl (C=O) groups excluding carboxylic acids is 3. The molecular weight excluding hydrogens is 455 g/mol. The Kier molecular flexibility index (Phi) is 5.25. The minimum absolute atomic E-state index is 0.259. The number of ether oxygens (including phenoxy) is 3. The van der Waals surface area contributed by atoms with Gasteiger partial charge in [0.15, 0.2) is 0 Å². The molecule has 0 amide bonds. The Labute approximate surface area is 185 Å². The van der Waals surface area contributed by atoms with E-state index in [1.807, 2.05) is 0 Å². The average Bonchev–Trinajstić information content (AvgIpc) is 3.30. The lowest BCUT2D eigenvalue weighted by atomic mass is 9.78. The van der Waals surface area contributed by atoms with Gasteiger partial charge in [-0.2, -0.15) is 22.0 Å². The van der Waals surface area contributed by atoms with Crippen molar-refractivity contribution in [2.45, 2.75) is 57.1 Å². The van der Waals surface area contributed by atoms with Crippen molar-refractivity contribution in [3.8, 4) is 0 Å². The molecule has 0 spiro atoms. The molecule has 3 aliphatic rings.